The Morgan fingerprint density at radius 1 is 1.40 bits per heavy atom. The summed E-state index contributed by atoms with van der Waals surface area (Å²) < 4.78 is 0. The van der Waals surface area contributed by atoms with Gasteiger partial charge in [-0.15, -0.1) is 0 Å². The van der Waals surface area contributed by atoms with Crippen molar-refractivity contribution in [3.05, 3.63) is 34.9 Å². The highest BCUT2D eigenvalue weighted by atomic mass is 16.2. The summed E-state index contributed by atoms with van der Waals surface area (Å²) in [6.07, 6.45) is 0. The lowest BCUT2D eigenvalue weighted by Gasteiger charge is -2.23. The molecule has 1 aromatic rings. The molecule has 108 valence electrons. The highest BCUT2D eigenvalue weighted by Crippen LogP contribution is 2.13. The van der Waals surface area contributed by atoms with E-state index < -0.39 is 0 Å². The molecule has 0 saturated carbocycles. The second-order valence-electron chi connectivity index (χ2n) is 5.27. The zero-order valence-electron chi connectivity index (χ0n) is 12.9. The summed E-state index contributed by atoms with van der Waals surface area (Å²) in [6.45, 7) is 10.0. The van der Waals surface area contributed by atoms with Gasteiger partial charge in [-0.2, -0.15) is 0 Å². The van der Waals surface area contributed by atoms with Crippen LogP contribution in [-0.2, 0) is 0 Å². The molecular formula is C17H24N2O. The number of hydrogen-bond donors (Lipinski definition) is 1. The van der Waals surface area contributed by atoms with Crippen LogP contribution < -0.4 is 5.73 Å². The fourth-order valence-corrected chi connectivity index (χ4v) is 2.01. The lowest BCUT2D eigenvalue weighted by Crippen LogP contribution is -2.34. The third kappa shape index (κ3) is 4.40. The molecule has 0 fully saturated rings. The molecule has 0 spiro atoms. The van der Waals surface area contributed by atoms with Gasteiger partial charge in [0.15, 0.2) is 0 Å². The van der Waals surface area contributed by atoms with Gasteiger partial charge in [-0.1, -0.05) is 31.8 Å². The molecule has 3 nitrogen and oxygen atoms in total. The average Bonchev–Trinajstić information content (AvgIpc) is 2.43. The molecule has 1 rings (SSSR count). The highest BCUT2D eigenvalue weighted by molar-refractivity contribution is 5.94. The van der Waals surface area contributed by atoms with Crippen LogP contribution in [0.5, 0.6) is 0 Å². The number of aryl methyl sites for hydroxylation is 1. The Morgan fingerprint density at radius 3 is 2.65 bits per heavy atom. The summed E-state index contributed by atoms with van der Waals surface area (Å²) in [5, 5.41) is 0. The summed E-state index contributed by atoms with van der Waals surface area (Å²) in [6, 6.07) is 5.68. The largest absolute Gasteiger partial charge is 0.339 e. The van der Waals surface area contributed by atoms with Crippen molar-refractivity contribution in [3.8, 4) is 11.8 Å². The van der Waals surface area contributed by atoms with Crippen molar-refractivity contribution in [1.29, 1.82) is 0 Å². The first-order chi connectivity index (χ1) is 9.49. The smallest absolute Gasteiger partial charge is 0.253 e. The molecule has 1 amide bonds. The molecular weight excluding hydrogens is 248 g/mol. The quantitative estimate of drug-likeness (QED) is 0.856. The van der Waals surface area contributed by atoms with Crippen molar-refractivity contribution in [2.75, 3.05) is 19.6 Å². The minimum Gasteiger partial charge on any atom is -0.339 e. The van der Waals surface area contributed by atoms with E-state index >= 15 is 0 Å². The van der Waals surface area contributed by atoms with Gasteiger partial charge in [-0.25, -0.2) is 0 Å². The van der Waals surface area contributed by atoms with Gasteiger partial charge in [0, 0.05) is 24.2 Å². The Hall–Kier alpha value is -1.79. The number of nitrogens with two attached hydrogens (primary N) is 1. The first-order valence-corrected chi connectivity index (χ1v) is 7.08. The maximum Gasteiger partial charge on any atom is 0.253 e. The van der Waals surface area contributed by atoms with Gasteiger partial charge < -0.3 is 10.6 Å². The zero-order chi connectivity index (χ0) is 15.1. The standard InChI is InChI=1S/C17H24N2O/c1-5-19(12-13(2)3)17(20)16-9-8-14(4)15(11-16)7-6-10-18/h8-9,11,13H,5,10,12,18H2,1-4H3. The van der Waals surface area contributed by atoms with Crippen molar-refractivity contribution < 1.29 is 4.79 Å². The van der Waals surface area contributed by atoms with E-state index in [2.05, 4.69) is 25.7 Å². The van der Waals surface area contributed by atoms with Gasteiger partial charge in [0.2, 0.25) is 0 Å². The summed E-state index contributed by atoms with van der Waals surface area (Å²) in [7, 11) is 0. The van der Waals surface area contributed by atoms with Gasteiger partial charge in [-0.3, -0.25) is 4.79 Å². The van der Waals surface area contributed by atoms with E-state index in [1.165, 1.54) is 0 Å². The minimum absolute atomic E-state index is 0.0667. The molecule has 0 unspecified atom stereocenters. The molecule has 0 aliphatic heterocycles. The number of rotatable bonds is 4. The maximum absolute atomic E-state index is 12.5. The van der Waals surface area contributed by atoms with E-state index in [4.69, 9.17) is 5.73 Å². The van der Waals surface area contributed by atoms with Crippen molar-refractivity contribution >= 4 is 5.91 Å². The molecule has 0 atom stereocenters. The topological polar surface area (TPSA) is 46.3 Å². The monoisotopic (exact) mass is 272 g/mol. The van der Waals surface area contributed by atoms with Crippen LogP contribution in [0.4, 0.5) is 0 Å². The number of carbonyl (C=O) groups excluding carboxylic acids is 1. The van der Waals surface area contributed by atoms with Crippen LogP contribution >= 0.6 is 0 Å². The number of benzene rings is 1. The van der Waals surface area contributed by atoms with Gasteiger partial charge in [0.1, 0.15) is 0 Å². The van der Waals surface area contributed by atoms with Crippen LogP contribution in [0.25, 0.3) is 0 Å². The van der Waals surface area contributed by atoms with E-state index in [9.17, 15) is 4.79 Å². The Balaban J connectivity index is 3.03. The van der Waals surface area contributed by atoms with Gasteiger partial charge in [0.05, 0.1) is 6.54 Å². The van der Waals surface area contributed by atoms with E-state index in [0.29, 0.717) is 24.6 Å². The predicted octanol–water partition coefficient (Wildman–Crippen LogP) is 2.42. The molecule has 0 aromatic heterocycles. The van der Waals surface area contributed by atoms with Crippen LogP contribution in [0, 0.1) is 24.7 Å². The normalized spacial score (nSPS) is 10.1. The molecule has 0 aliphatic carbocycles. The van der Waals surface area contributed by atoms with Crippen LogP contribution in [0.15, 0.2) is 18.2 Å². The van der Waals surface area contributed by atoms with Crippen molar-refractivity contribution in [2.24, 2.45) is 11.7 Å². The average molecular weight is 272 g/mol. The summed E-state index contributed by atoms with van der Waals surface area (Å²) in [4.78, 5) is 14.4. The Labute approximate surface area is 122 Å². The molecule has 0 aliphatic rings. The van der Waals surface area contributed by atoms with E-state index in [0.717, 1.165) is 17.7 Å². The number of amides is 1. The lowest BCUT2D eigenvalue weighted by atomic mass is 10.0. The minimum atomic E-state index is 0.0667. The second-order valence-corrected chi connectivity index (χ2v) is 5.27. The van der Waals surface area contributed by atoms with Crippen molar-refractivity contribution in [3.63, 3.8) is 0 Å². The molecule has 2 N–H and O–H groups in total. The molecule has 0 bridgehead atoms. The van der Waals surface area contributed by atoms with Gasteiger partial charge >= 0.3 is 0 Å². The molecule has 0 heterocycles. The molecule has 1 aromatic carbocycles. The predicted molar refractivity (Wildman–Crippen MR) is 83.5 cm³/mol. The first-order valence-electron chi connectivity index (χ1n) is 7.08. The summed E-state index contributed by atoms with van der Waals surface area (Å²) in [5.74, 6) is 6.39. The number of hydrogen-bond acceptors (Lipinski definition) is 2. The molecule has 0 radical (unpaired) electrons. The number of nitrogens with zero attached hydrogens (tertiary/aromatic N) is 1. The van der Waals surface area contributed by atoms with Crippen molar-refractivity contribution in [1.82, 2.24) is 4.90 Å². The van der Waals surface area contributed by atoms with E-state index in [1.54, 1.807) is 0 Å². The SMILES string of the molecule is CCN(CC(C)C)C(=O)c1ccc(C)c(C#CCN)c1. The fourth-order valence-electron chi connectivity index (χ4n) is 2.01. The maximum atomic E-state index is 12.5. The third-order valence-corrected chi connectivity index (χ3v) is 3.06. The lowest BCUT2D eigenvalue weighted by molar-refractivity contribution is 0.0745. The summed E-state index contributed by atoms with van der Waals surface area (Å²) >= 11 is 0. The summed E-state index contributed by atoms with van der Waals surface area (Å²) in [5.41, 5.74) is 8.04. The zero-order valence-corrected chi connectivity index (χ0v) is 12.9. The van der Waals surface area contributed by atoms with Crippen molar-refractivity contribution in [2.45, 2.75) is 27.7 Å². The molecule has 3 heteroatoms. The third-order valence-electron chi connectivity index (χ3n) is 3.06. The van der Waals surface area contributed by atoms with E-state index in [1.807, 2.05) is 36.9 Å². The van der Waals surface area contributed by atoms with Gasteiger partial charge in [0.25, 0.3) is 5.91 Å². The highest BCUT2D eigenvalue weighted by Gasteiger charge is 2.15. The number of carbonyl (C=O) groups is 1. The Kier molecular flexibility index (Phi) is 6.27. The van der Waals surface area contributed by atoms with Crippen LogP contribution in [0.1, 0.15) is 42.3 Å². The molecule has 20 heavy (non-hydrogen) atoms. The van der Waals surface area contributed by atoms with Crippen LogP contribution in [0.3, 0.4) is 0 Å². The van der Waals surface area contributed by atoms with Crippen LogP contribution in [0.2, 0.25) is 0 Å². The first kappa shape index (κ1) is 16.3. The Morgan fingerprint density at radius 2 is 2.10 bits per heavy atom. The second kappa shape index (κ2) is 7.72. The van der Waals surface area contributed by atoms with Crippen LogP contribution in [-0.4, -0.2) is 30.4 Å². The molecule has 0 saturated heterocycles. The Bertz CT molecular complexity index is 524. The fraction of sp³-hybridized carbons (Fsp3) is 0.471. The van der Waals surface area contributed by atoms with Gasteiger partial charge in [-0.05, 0) is 37.5 Å². The van der Waals surface area contributed by atoms with E-state index in [-0.39, 0.29) is 5.91 Å².